The molecule has 3 nitrogen and oxygen atoms in total. The number of nitrogen functional groups attached to an aromatic ring is 1. The lowest BCUT2D eigenvalue weighted by atomic mass is 10.2. The van der Waals surface area contributed by atoms with Crippen LogP contribution in [0.15, 0.2) is 47.4 Å². The molecule has 4 heteroatoms. The van der Waals surface area contributed by atoms with Gasteiger partial charge in [-0.2, -0.15) is 0 Å². The summed E-state index contributed by atoms with van der Waals surface area (Å²) in [6.07, 6.45) is -0.533. The van der Waals surface area contributed by atoms with Crippen LogP contribution in [-0.2, 0) is 0 Å². The number of aliphatic hydroxyl groups excluding tert-OH is 1. The van der Waals surface area contributed by atoms with Crippen molar-refractivity contribution >= 4 is 17.4 Å². The van der Waals surface area contributed by atoms with Gasteiger partial charge in [-0.3, -0.25) is 0 Å². The number of hydrogen-bond donors (Lipinski definition) is 2. The van der Waals surface area contributed by atoms with E-state index in [1.54, 1.807) is 23.9 Å². The molecule has 112 valence electrons. The zero-order valence-electron chi connectivity index (χ0n) is 12.4. The highest BCUT2D eigenvalue weighted by Gasteiger charge is 2.09. The Morgan fingerprint density at radius 1 is 1.19 bits per heavy atom. The van der Waals surface area contributed by atoms with E-state index >= 15 is 0 Å². The van der Waals surface area contributed by atoms with Crippen LogP contribution < -0.4 is 10.5 Å². The monoisotopic (exact) mass is 303 g/mol. The molecule has 3 N–H and O–H groups in total. The average molecular weight is 303 g/mol. The van der Waals surface area contributed by atoms with E-state index in [-0.39, 0.29) is 6.61 Å². The van der Waals surface area contributed by atoms with Crippen molar-refractivity contribution in [1.82, 2.24) is 0 Å². The molecule has 1 atom stereocenters. The normalized spacial score (nSPS) is 12.1. The molecule has 1 unspecified atom stereocenters. The maximum Gasteiger partial charge on any atom is 0.142 e. The van der Waals surface area contributed by atoms with Crippen molar-refractivity contribution in [2.75, 3.05) is 18.1 Å². The molecule has 0 saturated carbocycles. The van der Waals surface area contributed by atoms with E-state index in [0.717, 1.165) is 0 Å². The Kier molecular flexibility index (Phi) is 5.53. The van der Waals surface area contributed by atoms with Crippen molar-refractivity contribution < 1.29 is 9.84 Å². The van der Waals surface area contributed by atoms with Gasteiger partial charge in [0.05, 0.1) is 11.8 Å². The van der Waals surface area contributed by atoms with E-state index < -0.39 is 6.10 Å². The highest BCUT2D eigenvalue weighted by molar-refractivity contribution is 7.99. The van der Waals surface area contributed by atoms with Crippen molar-refractivity contribution in [3.8, 4) is 5.75 Å². The number of para-hydroxylation sites is 2. The van der Waals surface area contributed by atoms with Crippen LogP contribution in [0.3, 0.4) is 0 Å². The largest absolute Gasteiger partial charge is 0.489 e. The number of ether oxygens (including phenoxy) is 1. The maximum absolute atomic E-state index is 10.0. The maximum atomic E-state index is 10.0. The number of anilines is 1. The quantitative estimate of drug-likeness (QED) is 0.634. The highest BCUT2D eigenvalue weighted by atomic mass is 32.2. The minimum atomic E-state index is -0.533. The van der Waals surface area contributed by atoms with E-state index in [1.165, 1.54) is 16.0 Å². The summed E-state index contributed by atoms with van der Waals surface area (Å²) in [5.41, 5.74) is 8.84. The van der Waals surface area contributed by atoms with Gasteiger partial charge >= 0.3 is 0 Å². The van der Waals surface area contributed by atoms with E-state index in [1.807, 2.05) is 12.1 Å². The average Bonchev–Trinajstić information content (AvgIpc) is 2.47. The fraction of sp³-hybridized carbons (Fsp3) is 0.294. The van der Waals surface area contributed by atoms with Crippen molar-refractivity contribution in [1.29, 1.82) is 0 Å². The molecule has 21 heavy (non-hydrogen) atoms. The van der Waals surface area contributed by atoms with Crippen LogP contribution in [0.1, 0.15) is 11.1 Å². The molecule has 0 spiro atoms. The Labute approximate surface area is 130 Å². The Balaban J connectivity index is 1.84. The smallest absolute Gasteiger partial charge is 0.142 e. The molecule has 0 amide bonds. The van der Waals surface area contributed by atoms with Crippen molar-refractivity contribution in [2.24, 2.45) is 0 Å². The first kappa shape index (κ1) is 15.7. The zero-order valence-corrected chi connectivity index (χ0v) is 13.2. The standard InChI is InChI=1S/C17H21NO2S/c1-12-7-8-13(2)17(9-12)21-11-14(19)10-20-16-6-4-3-5-15(16)18/h3-9,14,19H,10-11,18H2,1-2H3. The summed E-state index contributed by atoms with van der Waals surface area (Å²) in [5.74, 6) is 1.21. The zero-order chi connectivity index (χ0) is 15.2. The molecule has 2 aromatic carbocycles. The van der Waals surface area contributed by atoms with Crippen molar-refractivity contribution in [3.05, 3.63) is 53.6 Å². The molecule has 0 bridgehead atoms. The summed E-state index contributed by atoms with van der Waals surface area (Å²) in [6, 6.07) is 13.6. The second-order valence-corrected chi connectivity index (χ2v) is 6.14. The van der Waals surface area contributed by atoms with Crippen LogP contribution in [0.4, 0.5) is 5.69 Å². The van der Waals surface area contributed by atoms with E-state index in [9.17, 15) is 5.11 Å². The number of aryl methyl sites for hydroxylation is 2. The number of benzene rings is 2. The molecular weight excluding hydrogens is 282 g/mol. The molecule has 0 saturated heterocycles. The summed E-state index contributed by atoms with van der Waals surface area (Å²) < 4.78 is 5.55. The molecule has 2 rings (SSSR count). The minimum Gasteiger partial charge on any atom is -0.489 e. The number of rotatable bonds is 6. The third-order valence-electron chi connectivity index (χ3n) is 3.13. The molecule has 0 fully saturated rings. The van der Waals surface area contributed by atoms with E-state index in [0.29, 0.717) is 17.2 Å². The summed E-state index contributed by atoms with van der Waals surface area (Å²) >= 11 is 1.65. The molecule has 0 heterocycles. The predicted octanol–water partition coefficient (Wildman–Crippen LogP) is 3.42. The Hall–Kier alpha value is -1.65. The molecule has 0 radical (unpaired) electrons. The number of nitrogens with two attached hydrogens (primary N) is 1. The van der Waals surface area contributed by atoms with Crippen LogP contribution >= 0.6 is 11.8 Å². The summed E-state index contributed by atoms with van der Waals surface area (Å²) in [4.78, 5) is 1.20. The Bertz CT molecular complexity index is 601. The third-order valence-corrected chi connectivity index (χ3v) is 4.43. The fourth-order valence-electron chi connectivity index (χ4n) is 1.89. The Morgan fingerprint density at radius 2 is 1.95 bits per heavy atom. The fourth-order valence-corrected chi connectivity index (χ4v) is 2.93. The minimum absolute atomic E-state index is 0.242. The highest BCUT2D eigenvalue weighted by Crippen LogP contribution is 2.25. The van der Waals surface area contributed by atoms with Gasteiger partial charge in [0.1, 0.15) is 12.4 Å². The van der Waals surface area contributed by atoms with Gasteiger partial charge < -0.3 is 15.6 Å². The predicted molar refractivity (Wildman–Crippen MR) is 89.0 cm³/mol. The molecule has 0 aliphatic heterocycles. The van der Waals surface area contributed by atoms with Gasteiger partial charge in [-0.1, -0.05) is 29.8 Å². The molecule has 2 aromatic rings. The summed E-state index contributed by atoms with van der Waals surface area (Å²) in [5, 5.41) is 10.0. The first-order valence-corrected chi connectivity index (χ1v) is 7.90. The number of thioether (sulfide) groups is 1. The molecular formula is C17H21NO2S. The molecule has 0 aliphatic carbocycles. The van der Waals surface area contributed by atoms with Gasteiger partial charge in [-0.05, 0) is 37.6 Å². The van der Waals surface area contributed by atoms with Crippen LogP contribution in [-0.4, -0.2) is 23.6 Å². The molecule has 0 aliphatic rings. The SMILES string of the molecule is Cc1ccc(C)c(SCC(O)COc2ccccc2N)c1. The third kappa shape index (κ3) is 4.69. The van der Waals surface area contributed by atoms with Gasteiger partial charge in [0.2, 0.25) is 0 Å². The van der Waals surface area contributed by atoms with Crippen molar-refractivity contribution in [3.63, 3.8) is 0 Å². The van der Waals surface area contributed by atoms with Gasteiger partial charge in [-0.25, -0.2) is 0 Å². The van der Waals surface area contributed by atoms with Crippen LogP contribution in [0.5, 0.6) is 5.75 Å². The van der Waals surface area contributed by atoms with E-state index in [4.69, 9.17) is 10.5 Å². The first-order valence-electron chi connectivity index (χ1n) is 6.91. The van der Waals surface area contributed by atoms with E-state index in [2.05, 4.69) is 32.0 Å². The summed E-state index contributed by atoms with van der Waals surface area (Å²) in [7, 11) is 0. The first-order chi connectivity index (χ1) is 10.1. The van der Waals surface area contributed by atoms with Gasteiger partial charge in [0.15, 0.2) is 0 Å². The van der Waals surface area contributed by atoms with Crippen LogP contribution in [0, 0.1) is 13.8 Å². The van der Waals surface area contributed by atoms with Crippen LogP contribution in [0.2, 0.25) is 0 Å². The lowest BCUT2D eigenvalue weighted by molar-refractivity contribution is 0.127. The summed E-state index contributed by atoms with van der Waals surface area (Å²) in [6.45, 7) is 4.39. The van der Waals surface area contributed by atoms with Crippen molar-refractivity contribution in [2.45, 2.75) is 24.8 Å². The van der Waals surface area contributed by atoms with Gasteiger partial charge in [0.25, 0.3) is 0 Å². The van der Waals surface area contributed by atoms with Crippen LogP contribution in [0.25, 0.3) is 0 Å². The lowest BCUT2D eigenvalue weighted by Crippen LogP contribution is -2.20. The Morgan fingerprint density at radius 3 is 2.71 bits per heavy atom. The lowest BCUT2D eigenvalue weighted by Gasteiger charge is -2.14. The topological polar surface area (TPSA) is 55.5 Å². The second kappa shape index (κ2) is 7.38. The van der Waals surface area contributed by atoms with Gasteiger partial charge in [0, 0.05) is 10.6 Å². The van der Waals surface area contributed by atoms with Gasteiger partial charge in [-0.15, -0.1) is 11.8 Å². The number of hydrogen-bond acceptors (Lipinski definition) is 4. The molecule has 0 aromatic heterocycles. The second-order valence-electron chi connectivity index (χ2n) is 5.08. The number of aliphatic hydroxyl groups is 1.